The van der Waals surface area contributed by atoms with E-state index in [0.717, 1.165) is 22.2 Å². The molecule has 0 aliphatic heterocycles. The quantitative estimate of drug-likeness (QED) is 0.0980. The van der Waals surface area contributed by atoms with E-state index in [-0.39, 0.29) is 48.0 Å². The molecule has 282 valence electrons. The second-order valence-electron chi connectivity index (χ2n) is 10.7. The van der Waals surface area contributed by atoms with Crippen LogP contribution in [-0.2, 0) is 45.7 Å². The van der Waals surface area contributed by atoms with Crippen LogP contribution >= 0.6 is 15.9 Å². The van der Waals surface area contributed by atoms with Gasteiger partial charge < -0.3 is 19.9 Å². The van der Waals surface area contributed by atoms with Crippen molar-refractivity contribution >= 4 is 40.4 Å². The van der Waals surface area contributed by atoms with Crippen LogP contribution in [0, 0.1) is 6.92 Å². The van der Waals surface area contributed by atoms with Crippen molar-refractivity contribution in [3.8, 4) is 11.1 Å². The molecule has 3 N–H and O–H groups in total. The molecule has 4 aromatic carbocycles. The smallest absolute Gasteiger partial charge is 0.481 e. The largest absolute Gasteiger partial charge is 0.488 e. The van der Waals surface area contributed by atoms with E-state index in [0.29, 0.717) is 30.7 Å². The Hall–Kier alpha value is -4.35. The molecule has 0 amide bonds. The van der Waals surface area contributed by atoms with Gasteiger partial charge in [0.05, 0.1) is 36.1 Å². The third-order valence-electron chi connectivity index (χ3n) is 6.47. The number of carboxylic acids is 1. The topological polar surface area (TPSA) is 104 Å². The highest BCUT2D eigenvalue weighted by molar-refractivity contribution is 9.10. The van der Waals surface area contributed by atoms with E-state index < -0.39 is 48.3 Å². The Balaban J connectivity index is 0.000000415. The van der Waals surface area contributed by atoms with Crippen LogP contribution in [0.2, 0.25) is 0 Å². The Bertz CT molecular complexity index is 1760. The van der Waals surface area contributed by atoms with Crippen LogP contribution in [0.3, 0.4) is 0 Å². The zero-order chi connectivity index (χ0) is 38.7. The van der Waals surface area contributed by atoms with Gasteiger partial charge in [0.1, 0.15) is 0 Å². The molecule has 0 aliphatic carbocycles. The number of hydrogen-bond donors (Lipinski definition) is 3. The number of halogens is 10. The first-order valence-corrected chi connectivity index (χ1v) is 15.3. The maximum absolute atomic E-state index is 12.9. The van der Waals surface area contributed by atoms with Crippen LogP contribution in [0.25, 0.3) is 11.1 Å². The van der Waals surface area contributed by atoms with E-state index in [4.69, 9.17) is 19.9 Å². The van der Waals surface area contributed by atoms with Crippen LogP contribution in [0.5, 0.6) is 0 Å². The molecule has 4 aromatic rings. The summed E-state index contributed by atoms with van der Waals surface area (Å²) in [6, 6.07) is 17.2. The molecule has 4 rings (SSSR count). The summed E-state index contributed by atoms with van der Waals surface area (Å²) in [6.45, 7) is 3.70. The van der Waals surface area contributed by atoms with Crippen LogP contribution in [0.15, 0.2) is 89.4 Å². The Morgan fingerprint density at radius 3 is 1.65 bits per heavy atom. The summed E-state index contributed by atoms with van der Waals surface area (Å²) < 4.78 is 120. The van der Waals surface area contributed by atoms with Gasteiger partial charge in [0.25, 0.3) is 0 Å². The third-order valence-corrected chi connectivity index (χ3v) is 6.96. The third kappa shape index (κ3) is 15.5. The number of aryl methyl sites for hydroxylation is 1. The van der Waals surface area contributed by atoms with Crippen molar-refractivity contribution in [2.75, 3.05) is 6.61 Å². The highest BCUT2D eigenvalue weighted by Crippen LogP contribution is 2.38. The van der Waals surface area contributed by atoms with Crippen molar-refractivity contribution < 1.29 is 69.0 Å². The zero-order valence-electron chi connectivity index (χ0n) is 26.6. The fourth-order valence-electron chi connectivity index (χ4n) is 4.31. The Morgan fingerprint density at radius 2 is 1.19 bits per heavy atom. The Kier molecular flexibility index (Phi) is 17.1. The summed E-state index contributed by atoms with van der Waals surface area (Å²) in [5.74, 6) is -1.34. The van der Waals surface area contributed by atoms with Crippen molar-refractivity contribution in [2.45, 2.75) is 52.6 Å². The number of carbonyl (C=O) groups excluding carboxylic acids is 1. The van der Waals surface area contributed by atoms with Gasteiger partial charge in [0.15, 0.2) is 0 Å². The number of ether oxygens (including phenoxy) is 1. The van der Waals surface area contributed by atoms with Crippen LogP contribution in [-0.4, -0.2) is 40.8 Å². The molecule has 0 spiro atoms. The fraction of sp³-hybridized carbons (Fsp3) is 0.257. The van der Waals surface area contributed by atoms with E-state index >= 15 is 0 Å². The summed E-state index contributed by atoms with van der Waals surface area (Å²) in [5.41, 5.74) is -2.51. The first kappa shape index (κ1) is 45.7. The number of alkyl halides is 9. The summed E-state index contributed by atoms with van der Waals surface area (Å²) in [7, 11) is -1.88. The number of hydrogen-bond acceptors (Lipinski definition) is 5. The number of esters is 1. The van der Waals surface area contributed by atoms with Crippen LogP contribution < -0.4 is 5.46 Å². The molecular weight excluding hydrogens is 778 g/mol. The predicted molar refractivity (Wildman–Crippen MR) is 180 cm³/mol. The van der Waals surface area contributed by atoms with Gasteiger partial charge in [-0.1, -0.05) is 77.5 Å². The van der Waals surface area contributed by atoms with Gasteiger partial charge in [-0.15, -0.1) is 0 Å². The highest BCUT2D eigenvalue weighted by atomic mass is 79.9. The van der Waals surface area contributed by atoms with E-state index in [1.807, 2.05) is 24.3 Å². The van der Waals surface area contributed by atoms with Crippen molar-refractivity contribution in [3.63, 3.8) is 0 Å². The second kappa shape index (κ2) is 19.5. The van der Waals surface area contributed by atoms with E-state index in [2.05, 4.69) is 15.9 Å². The van der Waals surface area contributed by atoms with Gasteiger partial charge >= 0.3 is 37.6 Å². The van der Waals surface area contributed by atoms with E-state index in [9.17, 15) is 49.1 Å². The van der Waals surface area contributed by atoms with Gasteiger partial charge in [0, 0.05) is 4.47 Å². The van der Waals surface area contributed by atoms with Gasteiger partial charge in [-0.05, 0) is 78.0 Å². The maximum atomic E-state index is 12.9. The summed E-state index contributed by atoms with van der Waals surface area (Å²) in [5, 5.41) is 26.2. The first-order valence-electron chi connectivity index (χ1n) is 14.5. The Morgan fingerprint density at radius 1 is 0.692 bits per heavy atom. The molecule has 0 unspecified atom stereocenters. The molecule has 0 heterocycles. The minimum Gasteiger partial charge on any atom is -0.481 e. The molecule has 0 saturated carbocycles. The van der Waals surface area contributed by atoms with E-state index in [1.165, 1.54) is 37.3 Å². The molecule has 52 heavy (non-hydrogen) atoms. The lowest BCUT2D eigenvalue weighted by molar-refractivity contribution is -0.144. The number of benzene rings is 4. The number of rotatable bonds is 7. The van der Waals surface area contributed by atoms with Gasteiger partial charge in [-0.2, -0.15) is 39.5 Å². The molecule has 17 heteroatoms. The summed E-state index contributed by atoms with van der Waals surface area (Å²) >= 11 is 3.34. The summed E-state index contributed by atoms with van der Waals surface area (Å²) in [4.78, 5) is 21.8. The average molecular weight is 811 g/mol. The molecule has 0 radical (unpaired) electrons. The molecule has 0 aromatic heterocycles. The zero-order valence-corrected chi connectivity index (χ0v) is 28.2. The first-order chi connectivity index (χ1) is 23.5. The van der Waals surface area contributed by atoms with Crippen LogP contribution in [0.1, 0.15) is 47.7 Å². The van der Waals surface area contributed by atoms with Crippen molar-refractivity contribution in [3.05, 3.63) is 123 Å². The minimum atomic E-state index is -4.94. The van der Waals surface area contributed by atoms with Gasteiger partial charge in [-0.25, -0.2) is 0 Å². The summed E-state index contributed by atoms with van der Waals surface area (Å²) in [6.07, 6.45) is -14.4. The monoisotopic (exact) mass is 810 g/mol. The van der Waals surface area contributed by atoms with Crippen molar-refractivity contribution in [1.29, 1.82) is 0 Å². The lowest BCUT2D eigenvalue weighted by Gasteiger charge is -2.14. The van der Waals surface area contributed by atoms with Crippen molar-refractivity contribution in [1.82, 2.24) is 0 Å². The molecule has 0 bridgehead atoms. The maximum Gasteiger partial charge on any atom is 0.488 e. The van der Waals surface area contributed by atoms with Crippen LogP contribution in [0.4, 0.5) is 39.5 Å². The van der Waals surface area contributed by atoms with Gasteiger partial charge in [0.2, 0.25) is 0 Å². The standard InChI is InChI=1S/C16H10F6O2.C10H11BrO2.C8H8BF3O2.CH4/c17-15(18,19)12-6-11(7-13(8-12)16(20,21)22)10-3-1-2-9(4-10)5-14(23)24;1-2-13-10(12)7-8-4-3-5-9(11)6-8;1-5-2-6(8(10,11)12)4-7(3-5)9(13)14;/h1-4,6-8H,5H2,(H,23,24);3-6H,2,7H2,1H3;2-4,13-14H,1H3;1H4. The van der Waals surface area contributed by atoms with E-state index in [1.54, 1.807) is 6.92 Å². The minimum absolute atomic E-state index is 0. The number of aliphatic carboxylic acids is 1. The van der Waals surface area contributed by atoms with Crippen molar-refractivity contribution in [2.24, 2.45) is 0 Å². The van der Waals surface area contributed by atoms with Gasteiger partial charge in [-0.3, -0.25) is 9.59 Å². The molecular formula is C35H33BBrF9O6. The number of carboxylic acid groups (broad SMARTS) is 1. The molecule has 0 aliphatic rings. The highest BCUT2D eigenvalue weighted by Gasteiger charge is 2.37. The lowest BCUT2D eigenvalue weighted by atomic mass is 9.78. The number of carbonyl (C=O) groups is 2. The SMILES string of the molecule is C.CCOC(=O)Cc1cccc(Br)c1.Cc1cc(B(O)O)cc(C(F)(F)F)c1.O=C(O)Cc1cccc(-c2cc(C(F)(F)F)cc(C(F)(F)F)c2)c1. The molecule has 6 nitrogen and oxygen atoms in total. The lowest BCUT2D eigenvalue weighted by Crippen LogP contribution is -2.31. The normalized spacial score (nSPS) is 11.2. The second-order valence-corrected chi connectivity index (χ2v) is 11.6. The predicted octanol–water partition coefficient (Wildman–Crippen LogP) is 8.90. The average Bonchev–Trinajstić information content (AvgIpc) is 3.00. The fourth-order valence-corrected chi connectivity index (χ4v) is 4.75. The molecule has 0 saturated heterocycles. The molecule has 0 atom stereocenters. The Labute approximate surface area is 302 Å². The molecule has 0 fully saturated rings.